The van der Waals surface area contributed by atoms with E-state index in [0.29, 0.717) is 18.8 Å². The SMILES string of the molecule is CCCCCCC1CCC(C2CCC(C3CC(F)C(OC(C)CCCCCC)C(F)C3)CC2)CC1. The molecule has 0 bridgehead atoms. The highest BCUT2D eigenvalue weighted by Crippen LogP contribution is 2.46. The highest BCUT2D eigenvalue weighted by molar-refractivity contribution is 4.93. The van der Waals surface area contributed by atoms with Gasteiger partial charge in [-0.1, -0.05) is 84.5 Å². The first-order chi connectivity index (χ1) is 17.0. The van der Waals surface area contributed by atoms with Gasteiger partial charge in [0.05, 0.1) is 6.10 Å². The van der Waals surface area contributed by atoms with Crippen LogP contribution in [0.25, 0.3) is 0 Å². The third-order valence-electron chi connectivity index (χ3n) is 10.1. The number of unbranched alkanes of at least 4 members (excludes halogenated alkanes) is 6. The molecule has 3 atom stereocenters. The second-order valence-corrected chi connectivity index (χ2v) is 12.8. The molecule has 0 aromatic rings. The van der Waals surface area contributed by atoms with Crippen molar-refractivity contribution in [3.63, 3.8) is 0 Å². The summed E-state index contributed by atoms with van der Waals surface area (Å²) in [6, 6.07) is 0. The van der Waals surface area contributed by atoms with Crippen LogP contribution in [0.2, 0.25) is 0 Å². The van der Waals surface area contributed by atoms with Gasteiger partial charge in [0.1, 0.15) is 18.4 Å². The van der Waals surface area contributed by atoms with Crippen LogP contribution in [0.15, 0.2) is 0 Å². The minimum atomic E-state index is -1.13. The van der Waals surface area contributed by atoms with E-state index < -0.39 is 18.4 Å². The van der Waals surface area contributed by atoms with E-state index in [9.17, 15) is 0 Å². The summed E-state index contributed by atoms with van der Waals surface area (Å²) >= 11 is 0. The summed E-state index contributed by atoms with van der Waals surface area (Å²) in [6.07, 6.45) is 21.4. The number of hydrogen-bond donors (Lipinski definition) is 0. The molecule has 206 valence electrons. The summed E-state index contributed by atoms with van der Waals surface area (Å²) in [5.41, 5.74) is 0. The summed E-state index contributed by atoms with van der Waals surface area (Å²) in [5.74, 6) is 3.54. The molecule has 0 spiro atoms. The molecule has 0 aliphatic heterocycles. The lowest BCUT2D eigenvalue weighted by molar-refractivity contribution is -0.117. The van der Waals surface area contributed by atoms with Crippen molar-refractivity contribution >= 4 is 0 Å². The zero-order valence-electron chi connectivity index (χ0n) is 23.5. The van der Waals surface area contributed by atoms with Crippen LogP contribution in [0.5, 0.6) is 0 Å². The van der Waals surface area contributed by atoms with Crippen LogP contribution in [-0.4, -0.2) is 24.6 Å². The highest BCUT2D eigenvalue weighted by Gasteiger charge is 2.43. The van der Waals surface area contributed by atoms with Crippen molar-refractivity contribution in [2.24, 2.45) is 29.6 Å². The minimum Gasteiger partial charge on any atom is -0.369 e. The normalized spacial score (nSPS) is 37.3. The standard InChI is InChI=1S/C32H58F2O/c1-4-6-8-10-12-24(3)35-32-30(33)22-29(23-31(32)34)28-20-18-27(19-21-28)26-16-14-25(15-17-26)13-11-9-7-5-2/h24-32H,4-23H2,1-3H3. The number of halogens is 2. The Labute approximate surface area is 216 Å². The van der Waals surface area contributed by atoms with E-state index in [1.165, 1.54) is 103 Å². The summed E-state index contributed by atoms with van der Waals surface area (Å²) in [4.78, 5) is 0. The van der Waals surface area contributed by atoms with Gasteiger partial charge in [-0.15, -0.1) is 0 Å². The average molecular weight is 497 g/mol. The van der Waals surface area contributed by atoms with Gasteiger partial charge >= 0.3 is 0 Å². The van der Waals surface area contributed by atoms with Gasteiger partial charge in [-0.25, -0.2) is 8.78 Å². The molecule has 0 aromatic heterocycles. The summed E-state index contributed by atoms with van der Waals surface area (Å²) < 4.78 is 36.1. The summed E-state index contributed by atoms with van der Waals surface area (Å²) in [5, 5.41) is 0. The van der Waals surface area contributed by atoms with Crippen LogP contribution in [-0.2, 0) is 4.74 Å². The van der Waals surface area contributed by atoms with E-state index in [4.69, 9.17) is 4.74 Å². The van der Waals surface area contributed by atoms with Crippen molar-refractivity contribution in [2.45, 2.75) is 174 Å². The molecular weight excluding hydrogens is 438 g/mol. The smallest absolute Gasteiger partial charge is 0.129 e. The predicted molar refractivity (Wildman–Crippen MR) is 145 cm³/mol. The van der Waals surface area contributed by atoms with E-state index in [-0.39, 0.29) is 12.0 Å². The molecule has 3 fully saturated rings. The lowest BCUT2D eigenvalue weighted by Gasteiger charge is -2.43. The third-order valence-corrected chi connectivity index (χ3v) is 10.1. The van der Waals surface area contributed by atoms with Gasteiger partial charge in [0.15, 0.2) is 0 Å². The Balaban J connectivity index is 1.34. The molecule has 0 amide bonds. The minimum absolute atomic E-state index is 0.0354. The molecular formula is C32H58F2O. The maximum absolute atomic E-state index is 15.1. The fraction of sp³-hybridized carbons (Fsp3) is 1.00. The van der Waals surface area contributed by atoms with Crippen LogP contribution in [0.3, 0.4) is 0 Å². The number of hydrogen-bond acceptors (Lipinski definition) is 1. The second kappa shape index (κ2) is 15.9. The lowest BCUT2D eigenvalue weighted by atomic mass is 9.65. The van der Waals surface area contributed by atoms with Crippen molar-refractivity contribution in [1.29, 1.82) is 0 Å². The quantitative estimate of drug-likeness (QED) is 0.217. The lowest BCUT2D eigenvalue weighted by Crippen LogP contribution is -2.45. The van der Waals surface area contributed by atoms with E-state index >= 15 is 8.78 Å². The molecule has 0 heterocycles. The molecule has 3 aliphatic rings. The molecule has 35 heavy (non-hydrogen) atoms. The molecule has 3 heteroatoms. The monoisotopic (exact) mass is 496 g/mol. The molecule has 0 radical (unpaired) electrons. The average Bonchev–Trinajstić information content (AvgIpc) is 2.87. The Morgan fingerprint density at radius 2 is 1.11 bits per heavy atom. The van der Waals surface area contributed by atoms with Crippen LogP contribution in [0.4, 0.5) is 8.78 Å². The van der Waals surface area contributed by atoms with Crippen molar-refractivity contribution < 1.29 is 13.5 Å². The van der Waals surface area contributed by atoms with Crippen molar-refractivity contribution in [3.8, 4) is 0 Å². The zero-order chi connectivity index (χ0) is 25.0. The van der Waals surface area contributed by atoms with Crippen LogP contribution in [0.1, 0.15) is 149 Å². The molecule has 3 saturated carbocycles. The van der Waals surface area contributed by atoms with Crippen molar-refractivity contribution in [1.82, 2.24) is 0 Å². The first-order valence-electron chi connectivity index (χ1n) is 15.9. The largest absolute Gasteiger partial charge is 0.369 e. The molecule has 3 rings (SSSR count). The number of alkyl halides is 2. The van der Waals surface area contributed by atoms with Gasteiger partial charge in [0.25, 0.3) is 0 Å². The van der Waals surface area contributed by atoms with Crippen LogP contribution in [0, 0.1) is 29.6 Å². The first kappa shape index (κ1) is 29.4. The van der Waals surface area contributed by atoms with Gasteiger partial charge in [0.2, 0.25) is 0 Å². The molecule has 3 aliphatic carbocycles. The van der Waals surface area contributed by atoms with Crippen LogP contribution < -0.4 is 0 Å². The fourth-order valence-corrected chi connectivity index (χ4v) is 7.82. The highest BCUT2D eigenvalue weighted by atomic mass is 19.1. The molecule has 0 N–H and O–H groups in total. The van der Waals surface area contributed by atoms with Gasteiger partial charge in [-0.2, -0.15) is 0 Å². The van der Waals surface area contributed by atoms with Crippen LogP contribution >= 0.6 is 0 Å². The zero-order valence-corrected chi connectivity index (χ0v) is 23.5. The van der Waals surface area contributed by atoms with Gasteiger partial charge < -0.3 is 4.74 Å². The maximum atomic E-state index is 15.1. The fourth-order valence-electron chi connectivity index (χ4n) is 7.82. The topological polar surface area (TPSA) is 9.23 Å². The van der Waals surface area contributed by atoms with Gasteiger partial charge in [0, 0.05) is 0 Å². The Bertz CT molecular complexity index is 526. The van der Waals surface area contributed by atoms with E-state index in [2.05, 4.69) is 13.8 Å². The summed E-state index contributed by atoms with van der Waals surface area (Å²) in [7, 11) is 0. The van der Waals surface area contributed by atoms with Gasteiger partial charge in [-0.3, -0.25) is 0 Å². The Morgan fingerprint density at radius 3 is 1.66 bits per heavy atom. The van der Waals surface area contributed by atoms with Crippen molar-refractivity contribution in [2.75, 3.05) is 0 Å². The van der Waals surface area contributed by atoms with E-state index in [1.807, 2.05) is 6.92 Å². The molecule has 0 aromatic carbocycles. The first-order valence-corrected chi connectivity index (χ1v) is 15.9. The second-order valence-electron chi connectivity index (χ2n) is 12.8. The number of ether oxygens (including phenoxy) is 1. The third kappa shape index (κ3) is 9.57. The molecule has 3 unspecified atom stereocenters. The van der Waals surface area contributed by atoms with E-state index in [1.54, 1.807) is 0 Å². The number of rotatable bonds is 14. The predicted octanol–water partition coefficient (Wildman–Crippen LogP) is 10.4. The Morgan fingerprint density at radius 1 is 0.629 bits per heavy atom. The Kier molecular flexibility index (Phi) is 13.4. The van der Waals surface area contributed by atoms with Gasteiger partial charge in [-0.05, 0) is 94.3 Å². The summed E-state index contributed by atoms with van der Waals surface area (Å²) in [6.45, 7) is 6.50. The molecule has 1 nitrogen and oxygen atoms in total. The molecule has 0 saturated heterocycles. The Hall–Kier alpha value is -0.180. The van der Waals surface area contributed by atoms with Crippen molar-refractivity contribution in [3.05, 3.63) is 0 Å². The van der Waals surface area contributed by atoms with E-state index in [0.717, 1.165) is 30.6 Å². The maximum Gasteiger partial charge on any atom is 0.129 e.